The maximum atomic E-state index is 12.4. The van der Waals surface area contributed by atoms with E-state index < -0.39 is 10.2 Å². The molecule has 1 fully saturated rings. The maximum Gasteiger partial charge on any atom is 0.282 e. The fourth-order valence-electron chi connectivity index (χ4n) is 1.77. The molecule has 100 valence electrons. The molecule has 0 saturated heterocycles. The summed E-state index contributed by atoms with van der Waals surface area (Å²) in [6, 6.07) is 0.148. The van der Waals surface area contributed by atoms with Gasteiger partial charge in [0, 0.05) is 32.1 Å². The first-order valence-electron chi connectivity index (χ1n) is 5.98. The van der Waals surface area contributed by atoms with Gasteiger partial charge in [-0.05, 0) is 12.8 Å². The average Bonchev–Trinajstić information content (AvgIpc) is 3.02. The predicted molar refractivity (Wildman–Crippen MR) is 73.0 cm³/mol. The Hall–Kier alpha value is -0.240. The minimum absolute atomic E-state index is 0.148. The molecule has 5 nitrogen and oxygen atoms in total. The van der Waals surface area contributed by atoms with Crippen molar-refractivity contribution in [2.75, 3.05) is 19.6 Å². The van der Waals surface area contributed by atoms with Crippen LogP contribution in [-0.4, -0.2) is 47.7 Å². The summed E-state index contributed by atoms with van der Waals surface area (Å²) in [5.74, 6) is 0. The van der Waals surface area contributed by atoms with Crippen LogP contribution >= 0.6 is 12.2 Å². The van der Waals surface area contributed by atoms with Gasteiger partial charge in [0.05, 0.1) is 4.99 Å². The summed E-state index contributed by atoms with van der Waals surface area (Å²) in [5, 5.41) is 0. The fourth-order valence-corrected chi connectivity index (χ4v) is 3.72. The molecule has 0 aromatic carbocycles. The largest absolute Gasteiger partial charge is 0.393 e. The molecule has 1 aliphatic carbocycles. The normalized spacial score (nSPS) is 16.7. The summed E-state index contributed by atoms with van der Waals surface area (Å²) >= 11 is 4.81. The summed E-state index contributed by atoms with van der Waals surface area (Å²) in [5.41, 5.74) is 5.44. The van der Waals surface area contributed by atoms with Crippen LogP contribution in [0.5, 0.6) is 0 Å². The van der Waals surface area contributed by atoms with Gasteiger partial charge in [-0.2, -0.15) is 17.0 Å². The molecule has 17 heavy (non-hydrogen) atoms. The lowest BCUT2D eigenvalue weighted by molar-refractivity contribution is 0.347. The van der Waals surface area contributed by atoms with Crippen molar-refractivity contribution < 1.29 is 8.42 Å². The third-order valence-electron chi connectivity index (χ3n) is 2.86. The molecule has 0 radical (unpaired) electrons. The van der Waals surface area contributed by atoms with Crippen LogP contribution in [0.2, 0.25) is 0 Å². The summed E-state index contributed by atoms with van der Waals surface area (Å²) in [6.45, 7) is 5.09. The van der Waals surface area contributed by atoms with Gasteiger partial charge in [-0.25, -0.2) is 0 Å². The molecule has 0 amide bonds. The monoisotopic (exact) mass is 279 g/mol. The standard InChI is InChI=1S/C10H21N3O2S2/c1-3-12(4-2)17(14,15)13(9-5-6-9)8-7-10(11)16/h9H,3-8H2,1-2H3,(H2,11,16). The molecule has 0 aromatic heterocycles. The van der Waals surface area contributed by atoms with E-state index in [1.54, 1.807) is 4.31 Å². The third-order valence-corrected chi connectivity index (χ3v) is 5.31. The van der Waals surface area contributed by atoms with E-state index in [4.69, 9.17) is 18.0 Å². The van der Waals surface area contributed by atoms with Gasteiger partial charge in [-0.1, -0.05) is 26.1 Å². The number of rotatable bonds is 8. The smallest absolute Gasteiger partial charge is 0.282 e. The van der Waals surface area contributed by atoms with Gasteiger partial charge in [0.2, 0.25) is 0 Å². The van der Waals surface area contributed by atoms with Crippen LogP contribution in [0, 0.1) is 0 Å². The molecule has 0 bridgehead atoms. The lowest BCUT2D eigenvalue weighted by atomic mass is 10.4. The van der Waals surface area contributed by atoms with Crippen LogP contribution in [0.3, 0.4) is 0 Å². The Morgan fingerprint density at radius 2 is 1.88 bits per heavy atom. The fraction of sp³-hybridized carbons (Fsp3) is 0.900. The lowest BCUT2D eigenvalue weighted by Gasteiger charge is -2.28. The van der Waals surface area contributed by atoms with Crippen LogP contribution in [0.1, 0.15) is 33.1 Å². The van der Waals surface area contributed by atoms with E-state index in [0.29, 0.717) is 31.0 Å². The highest BCUT2D eigenvalue weighted by Crippen LogP contribution is 2.30. The van der Waals surface area contributed by atoms with Crippen molar-refractivity contribution in [1.82, 2.24) is 8.61 Å². The van der Waals surface area contributed by atoms with Crippen LogP contribution in [-0.2, 0) is 10.2 Å². The van der Waals surface area contributed by atoms with Crippen LogP contribution in [0.15, 0.2) is 0 Å². The molecular weight excluding hydrogens is 258 g/mol. The van der Waals surface area contributed by atoms with E-state index in [9.17, 15) is 8.42 Å². The molecule has 0 spiro atoms. The molecular formula is C10H21N3O2S2. The van der Waals surface area contributed by atoms with Gasteiger partial charge in [-0.3, -0.25) is 0 Å². The van der Waals surface area contributed by atoms with Gasteiger partial charge in [0.25, 0.3) is 10.2 Å². The van der Waals surface area contributed by atoms with Crippen molar-refractivity contribution in [3.05, 3.63) is 0 Å². The molecule has 0 heterocycles. The van der Waals surface area contributed by atoms with Gasteiger partial charge in [0.1, 0.15) is 0 Å². The van der Waals surface area contributed by atoms with Crippen LogP contribution in [0.25, 0.3) is 0 Å². The van der Waals surface area contributed by atoms with Crippen LogP contribution < -0.4 is 5.73 Å². The Labute approximate surface area is 109 Å². The topological polar surface area (TPSA) is 66.6 Å². The van der Waals surface area contributed by atoms with Crippen molar-refractivity contribution in [2.24, 2.45) is 5.73 Å². The Bertz CT molecular complexity index is 362. The van der Waals surface area contributed by atoms with Crippen molar-refractivity contribution in [1.29, 1.82) is 0 Å². The highest BCUT2D eigenvalue weighted by Gasteiger charge is 2.39. The van der Waals surface area contributed by atoms with Crippen molar-refractivity contribution >= 4 is 27.4 Å². The minimum atomic E-state index is -3.34. The number of hydrogen-bond acceptors (Lipinski definition) is 3. The number of nitrogens with zero attached hydrogens (tertiary/aromatic N) is 2. The summed E-state index contributed by atoms with van der Waals surface area (Å²) < 4.78 is 27.7. The zero-order valence-electron chi connectivity index (χ0n) is 10.4. The molecule has 0 atom stereocenters. The van der Waals surface area contributed by atoms with Gasteiger partial charge in [-0.15, -0.1) is 0 Å². The highest BCUT2D eigenvalue weighted by atomic mass is 32.2. The number of nitrogens with two attached hydrogens (primary N) is 1. The van der Waals surface area contributed by atoms with E-state index in [-0.39, 0.29) is 6.04 Å². The maximum absolute atomic E-state index is 12.4. The molecule has 0 aliphatic heterocycles. The first-order chi connectivity index (χ1) is 7.93. The molecule has 7 heteroatoms. The van der Waals surface area contributed by atoms with E-state index in [1.165, 1.54) is 4.31 Å². The number of hydrogen-bond donors (Lipinski definition) is 1. The van der Waals surface area contributed by atoms with Crippen molar-refractivity contribution in [3.8, 4) is 0 Å². The van der Waals surface area contributed by atoms with Crippen molar-refractivity contribution in [3.63, 3.8) is 0 Å². The molecule has 1 aliphatic rings. The van der Waals surface area contributed by atoms with Crippen LogP contribution in [0.4, 0.5) is 0 Å². The molecule has 0 unspecified atom stereocenters. The molecule has 0 aromatic rings. The third kappa shape index (κ3) is 3.87. The Kier molecular flexibility index (Phi) is 5.30. The quantitative estimate of drug-likeness (QED) is 0.665. The predicted octanol–water partition coefficient (Wildman–Crippen LogP) is 0.714. The Morgan fingerprint density at radius 3 is 2.24 bits per heavy atom. The van der Waals surface area contributed by atoms with Crippen molar-refractivity contribution in [2.45, 2.75) is 39.2 Å². The Balaban J connectivity index is 2.78. The first kappa shape index (κ1) is 14.8. The van der Waals surface area contributed by atoms with Gasteiger partial charge in [0.15, 0.2) is 0 Å². The second-order valence-electron chi connectivity index (χ2n) is 4.15. The van der Waals surface area contributed by atoms with Gasteiger partial charge >= 0.3 is 0 Å². The first-order valence-corrected chi connectivity index (χ1v) is 7.79. The average molecular weight is 279 g/mol. The summed E-state index contributed by atoms with van der Waals surface area (Å²) in [7, 11) is -3.34. The van der Waals surface area contributed by atoms with E-state index in [0.717, 1.165) is 12.8 Å². The molecule has 1 rings (SSSR count). The lowest BCUT2D eigenvalue weighted by Crippen LogP contribution is -2.45. The van der Waals surface area contributed by atoms with E-state index in [1.807, 2.05) is 13.8 Å². The second-order valence-corrected chi connectivity index (χ2v) is 6.56. The minimum Gasteiger partial charge on any atom is -0.393 e. The molecule has 1 saturated carbocycles. The van der Waals surface area contributed by atoms with Gasteiger partial charge < -0.3 is 5.73 Å². The van der Waals surface area contributed by atoms with E-state index in [2.05, 4.69) is 0 Å². The summed E-state index contributed by atoms with van der Waals surface area (Å²) in [6.07, 6.45) is 2.34. The SMILES string of the molecule is CCN(CC)S(=O)(=O)N(CCC(N)=S)C1CC1. The number of thiocarbonyl (C=S) groups is 1. The zero-order chi connectivity index (χ0) is 13.1. The summed E-state index contributed by atoms with van der Waals surface area (Å²) in [4.78, 5) is 0.366. The highest BCUT2D eigenvalue weighted by molar-refractivity contribution is 7.86. The molecule has 2 N–H and O–H groups in total. The second kappa shape index (κ2) is 6.08. The Morgan fingerprint density at radius 1 is 1.35 bits per heavy atom. The van der Waals surface area contributed by atoms with E-state index >= 15 is 0 Å². The zero-order valence-corrected chi connectivity index (χ0v) is 12.1.